The molecule has 40 heavy (non-hydrogen) atoms. The number of nitrogens with one attached hydrogen (secondary N) is 2. The number of thiazole rings is 1. The Labute approximate surface area is 237 Å². The molecule has 4 heterocycles. The number of rotatable bonds is 7. The van der Waals surface area contributed by atoms with Gasteiger partial charge in [0.05, 0.1) is 22.8 Å². The number of aromatic nitrogens is 5. The number of fused-ring (bicyclic) bond motifs is 2. The Kier molecular flexibility index (Phi) is 6.68. The number of thioether (sulfide) groups is 1. The Hall–Kier alpha value is -4.01. The normalized spacial score (nSPS) is 14.8. The van der Waals surface area contributed by atoms with Crippen LogP contribution in [0.15, 0.2) is 75.1 Å². The first kappa shape index (κ1) is 26.2. The van der Waals surface area contributed by atoms with Gasteiger partial charge in [0.1, 0.15) is 5.39 Å². The Balaban J connectivity index is 1.18. The number of carbonyl (C=O) groups excluding carboxylic acids is 1. The zero-order valence-corrected chi connectivity index (χ0v) is 23.8. The van der Waals surface area contributed by atoms with Crippen LogP contribution in [0.2, 0.25) is 0 Å². The molecule has 1 unspecified atom stereocenters. The fourth-order valence-corrected chi connectivity index (χ4v) is 7.51. The summed E-state index contributed by atoms with van der Waals surface area (Å²) in [6, 6.07) is 11.5. The van der Waals surface area contributed by atoms with E-state index in [0.717, 1.165) is 16.8 Å². The second kappa shape index (κ2) is 10.2. The minimum atomic E-state index is -3.79. The van der Waals surface area contributed by atoms with E-state index in [1.807, 2.05) is 26.0 Å². The van der Waals surface area contributed by atoms with Crippen molar-refractivity contribution in [1.82, 2.24) is 24.3 Å². The summed E-state index contributed by atoms with van der Waals surface area (Å²) in [4.78, 5) is 35.1. The predicted octanol–water partition coefficient (Wildman–Crippen LogP) is 4.13. The van der Waals surface area contributed by atoms with Crippen molar-refractivity contribution in [2.45, 2.75) is 36.4 Å². The van der Waals surface area contributed by atoms with Crippen LogP contribution in [0, 0.1) is 13.8 Å². The van der Waals surface area contributed by atoms with Crippen LogP contribution in [0.1, 0.15) is 23.6 Å². The van der Waals surface area contributed by atoms with Crippen LogP contribution in [0.3, 0.4) is 0 Å². The first-order valence-electron chi connectivity index (χ1n) is 12.2. The molecule has 0 saturated heterocycles. The van der Waals surface area contributed by atoms with Crippen LogP contribution < -0.4 is 15.6 Å². The molecule has 0 fully saturated rings. The number of anilines is 2. The molecule has 1 amide bonds. The molecule has 14 heteroatoms. The molecule has 5 aromatic rings. The molecule has 0 bridgehead atoms. The van der Waals surface area contributed by atoms with Gasteiger partial charge in [0, 0.05) is 29.4 Å². The first-order valence-corrected chi connectivity index (χ1v) is 15.6. The first-order chi connectivity index (χ1) is 19.2. The molecule has 1 aliphatic rings. The van der Waals surface area contributed by atoms with Crippen LogP contribution >= 0.6 is 23.1 Å². The highest BCUT2D eigenvalue weighted by Crippen LogP contribution is 2.34. The lowest BCUT2D eigenvalue weighted by atomic mass is 10.1. The van der Waals surface area contributed by atoms with Gasteiger partial charge in [-0.15, -0.1) is 11.3 Å². The fourth-order valence-electron chi connectivity index (χ4n) is 4.59. The average molecular weight is 594 g/mol. The van der Waals surface area contributed by atoms with Gasteiger partial charge in [-0.2, -0.15) is 5.10 Å². The zero-order valence-electron chi connectivity index (χ0n) is 21.4. The number of carbonyl (C=O) groups is 1. The summed E-state index contributed by atoms with van der Waals surface area (Å²) in [5.41, 5.74) is 3.71. The third kappa shape index (κ3) is 4.89. The minimum absolute atomic E-state index is 0.0461. The lowest BCUT2D eigenvalue weighted by Gasteiger charge is -2.14. The molecule has 11 nitrogen and oxygen atoms in total. The van der Waals surface area contributed by atoms with Crippen LogP contribution in [0.5, 0.6) is 0 Å². The Bertz CT molecular complexity index is 1910. The molecule has 0 spiro atoms. The van der Waals surface area contributed by atoms with Crippen molar-refractivity contribution in [3.05, 3.63) is 81.7 Å². The molecule has 1 aliphatic heterocycles. The number of hydrogen-bond donors (Lipinski definition) is 2. The summed E-state index contributed by atoms with van der Waals surface area (Å²) < 4.78 is 30.7. The highest BCUT2D eigenvalue weighted by atomic mass is 32.2. The maximum Gasteiger partial charge on any atom is 0.265 e. The lowest BCUT2D eigenvalue weighted by molar-refractivity contribution is -0.116. The van der Waals surface area contributed by atoms with Gasteiger partial charge in [0.2, 0.25) is 5.91 Å². The van der Waals surface area contributed by atoms with Crippen molar-refractivity contribution in [3.8, 4) is 5.69 Å². The summed E-state index contributed by atoms with van der Waals surface area (Å²) in [6.07, 6.45) is 3.09. The standard InChI is InChI=1S/C26H23N7O4S3/c1-15-3-8-21(16(2)11-15)33-23-20(13-28-33)24(35)32-18(14-39-26(32)30-23)12-22(34)29-17-4-6-19(7-5-17)40(36,37)31-25-27-9-10-38-25/h3-11,13,18H,12,14H2,1-2H3,(H,27,31)(H,29,34). The number of aryl methyl sites for hydroxylation is 2. The molecule has 204 valence electrons. The second-order valence-electron chi connectivity index (χ2n) is 9.34. The van der Waals surface area contributed by atoms with Gasteiger partial charge in [-0.1, -0.05) is 29.5 Å². The van der Waals surface area contributed by atoms with Gasteiger partial charge < -0.3 is 5.32 Å². The van der Waals surface area contributed by atoms with E-state index in [0.29, 0.717) is 27.6 Å². The number of sulfonamides is 1. The maximum atomic E-state index is 13.5. The third-order valence-corrected chi connectivity index (χ3v) is 9.74. The fraction of sp³-hybridized carbons (Fsp3) is 0.192. The number of amides is 1. The van der Waals surface area contributed by atoms with Crippen molar-refractivity contribution in [2.75, 3.05) is 15.8 Å². The van der Waals surface area contributed by atoms with E-state index in [9.17, 15) is 18.0 Å². The van der Waals surface area contributed by atoms with Gasteiger partial charge >= 0.3 is 0 Å². The second-order valence-corrected chi connectivity index (χ2v) is 12.9. The predicted molar refractivity (Wildman–Crippen MR) is 155 cm³/mol. The average Bonchev–Trinajstić information content (AvgIpc) is 3.66. The molecule has 2 aromatic carbocycles. The van der Waals surface area contributed by atoms with Crippen molar-refractivity contribution in [3.63, 3.8) is 0 Å². The molecule has 2 N–H and O–H groups in total. The quantitative estimate of drug-likeness (QED) is 0.269. The SMILES string of the molecule is Cc1ccc(-n2ncc3c(=O)n4c(nc32)SCC4CC(=O)Nc2ccc(S(=O)(=O)Nc3nccs3)cc2)c(C)c1. The highest BCUT2D eigenvalue weighted by Gasteiger charge is 2.30. The number of nitrogens with zero attached hydrogens (tertiary/aromatic N) is 5. The monoisotopic (exact) mass is 593 g/mol. The van der Waals surface area contributed by atoms with Gasteiger partial charge in [0.25, 0.3) is 15.6 Å². The van der Waals surface area contributed by atoms with Crippen molar-refractivity contribution in [2.24, 2.45) is 0 Å². The smallest absolute Gasteiger partial charge is 0.265 e. The van der Waals surface area contributed by atoms with Gasteiger partial charge in [-0.05, 0) is 49.7 Å². The van der Waals surface area contributed by atoms with E-state index in [2.05, 4.69) is 26.2 Å². The van der Waals surface area contributed by atoms with Crippen LogP contribution in [0.25, 0.3) is 16.7 Å². The molecule has 0 aliphatic carbocycles. The van der Waals surface area contributed by atoms with Crippen molar-refractivity contribution in [1.29, 1.82) is 0 Å². The maximum absolute atomic E-state index is 13.5. The minimum Gasteiger partial charge on any atom is -0.326 e. The lowest BCUT2D eigenvalue weighted by Crippen LogP contribution is -2.27. The molecule has 1 atom stereocenters. The van der Waals surface area contributed by atoms with Crippen molar-refractivity contribution >= 4 is 60.9 Å². The number of benzene rings is 2. The van der Waals surface area contributed by atoms with E-state index in [-0.39, 0.29) is 34.0 Å². The van der Waals surface area contributed by atoms with E-state index in [1.165, 1.54) is 59.8 Å². The summed E-state index contributed by atoms with van der Waals surface area (Å²) in [6.45, 7) is 4.01. The highest BCUT2D eigenvalue weighted by molar-refractivity contribution is 7.99. The summed E-state index contributed by atoms with van der Waals surface area (Å²) in [5, 5.41) is 10.1. The topological polar surface area (TPSA) is 141 Å². The van der Waals surface area contributed by atoms with Gasteiger partial charge in [-0.25, -0.2) is 23.1 Å². The molecular weight excluding hydrogens is 571 g/mol. The molecular formula is C26H23N7O4S3. The van der Waals surface area contributed by atoms with Crippen LogP contribution in [0.4, 0.5) is 10.8 Å². The van der Waals surface area contributed by atoms with Gasteiger partial charge in [0.15, 0.2) is 15.9 Å². The van der Waals surface area contributed by atoms with E-state index >= 15 is 0 Å². The molecule has 0 radical (unpaired) electrons. The van der Waals surface area contributed by atoms with E-state index in [4.69, 9.17) is 4.98 Å². The molecule has 3 aromatic heterocycles. The summed E-state index contributed by atoms with van der Waals surface area (Å²) in [7, 11) is -3.79. The molecule has 0 saturated carbocycles. The molecule has 6 rings (SSSR count). The van der Waals surface area contributed by atoms with E-state index < -0.39 is 10.0 Å². The zero-order chi connectivity index (χ0) is 28.0. The third-order valence-electron chi connectivity index (χ3n) is 6.47. The Morgan fingerprint density at radius 3 is 2.67 bits per heavy atom. The Morgan fingerprint density at radius 2 is 1.95 bits per heavy atom. The van der Waals surface area contributed by atoms with Crippen molar-refractivity contribution < 1.29 is 13.2 Å². The van der Waals surface area contributed by atoms with Crippen LogP contribution in [-0.4, -0.2) is 44.4 Å². The summed E-state index contributed by atoms with van der Waals surface area (Å²) in [5.74, 6) is 0.228. The van der Waals surface area contributed by atoms with Gasteiger partial charge in [-0.3, -0.25) is 18.9 Å². The van der Waals surface area contributed by atoms with Crippen LogP contribution in [-0.2, 0) is 14.8 Å². The summed E-state index contributed by atoms with van der Waals surface area (Å²) >= 11 is 2.60. The number of hydrogen-bond acceptors (Lipinski definition) is 9. The largest absolute Gasteiger partial charge is 0.326 e. The Morgan fingerprint density at radius 1 is 1.15 bits per heavy atom. The van der Waals surface area contributed by atoms with E-state index in [1.54, 1.807) is 14.6 Å².